The Bertz CT molecular complexity index is 539. The zero-order chi connectivity index (χ0) is 11.0. The summed E-state index contributed by atoms with van der Waals surface area (Å²) in [5.41, 5.74) is 1.23. The van der Waals surface area contributed by atoms with Crippen molar-refractivity contribution < 1.29 is 4.74 Å². The number of benzene rings is 2. The Labute approximate surface area is 103 Å². The molecule has 1 N–H and O–H groups in total. The smallest absolute Gasteiger partial charge is 0.138 e. The first-order valence-electron chi connectivity index (χ1n) is 5.40. The molecule has 2 nitrogen and oxygen atoms in total. The Hall–Kier alpha value is -1.06. The van der Waals surface area contributed by atoms with E-state index in [1.807, 2.05) is 0 Å². The summed E-state index contributed by atoms with van der Waals surface area (Å²) in [5.74, 6) is 0.990. The van der Waals surface area contributed by atoms with Gasteiger partial charge in [-0.25, -0.2) is 0 Å². The summed E-state index contributed by atoms with van der Waals surface area (Å²) < 4.78 is 6.85. The Balaban J connectivity index is 2.29. The van der Waals surface area contributed by atoms with Crippen molar-refractivity contribution in [2.75, 3.05) is 13.2 Å². The van der Waals surface area contributed by atoms with Gasteiger partial charge >= 0.3 is 0 Å². The fourth-order valence-electron chi connectivity index (χ4n) is 2.07. The van der Waals surface area contributed by atoms with Crippen LogP contribution in [0.5, 0.6) is 5.75 Å². The summed E-state index contributed by atoms with van der Waals surface area (Å²) in [7, 11) is 0. The van der Waals surface area contributed by atoms with Gasteiger partial charge in [0, 0.05) is 18.7 Å². The number of nitrogens with one attached hydrogen (secondary N) is 1. The van der Waals surface area contributed by atoms with Gasteiger partial charge in [0.1, 0.15) is 12.4 Å². The quantitative estimate of drug-likeness (QED) is 0.799. The topological polar surface area (TPSA) is 21.3 Å². The molecule has 0 atom stereocenters. The lowest BCUT2D eigenvalue weighted by Crippen LogP contribution is -2.16. The van der Waals surface area contributed by atoms with Crippen LogP contribution in [0.2, 0.25) is 0 Å². The van der Waals surface area contributed by atoms with Crippen molar-refractivity contribution in [1.82, 2.24) is 5.32 Å². The maximum Gasteiger partial charge on any atom is 0.138 e. The molecule has 2 aromatic rings. The molecule has 1 aliphatic heterocycles. The SMILES string of the molecule is Brc1c2c(cc3ccccc13)CNCCO2. The van der Waals surface area contributed by atoms with Gasteiger partial charge in [0.05, 0.1) is 4.47 Å². The molecule has 0 saturated carbocycles. The third-order valence-electron chi connectivity index (χ3n) is 2.86. The summed E-state index contributed by atoms with van der Waals surface area (Å²) in [6.45, 7) is 2.50. The van der Waals surface area contributed by atoms with Crippen molar-refractivity contribution in [2.45, 2.75) is 6.54 Å². The van der Waals surface area contributed by atoms with E-state index < -0.39 is 0 Å². The molecule has 82 valence electrons. The van der Waals surface area contributed by atoms with Crippen LogP contribution < -0.4 is 10.1 Å². The number of rotatable bonds is 0. The standard InChI is InChI=1S/C13H12BrNO/c14-12-11-4-2-1-3-9(11)7-10-8-15-5-6-16-13(10)12/h1-4,7,15H,5-6,8H2. The van der Waals surface area contributed by atoms with Crippen LogP contribution in [0.1, 0.15) is 5.56 Å². The Kier molecular flexibility index (Phi) is 2.58. The van der Waals surface area contributed by atoms with E-state index in [-0.39, 0.29) is 0 Å². The Morgan fingerprint density at radius 1 is 1.25 bits per heavy atom. The zero-order valence-electron chi connectivity index (χ0n) is 8.79. The molecule has 16 heavy (non-hydrogen) atoms. The second kappa shape index (κ2) is 4.07. The molecule has 0 bridgehead atoms. The van der Waals surface area contributed by atoms with Crippen LogP contribution in [0, 0.1) is 0 Å². The third kappa shape index (κ3) is 1.60. The average molecular weight is 278 g/mol. The maximum absolute atomic E-state index is 5.78. The van der Waals surface area contributed by atoms with Crippen molar-refractivity contribution in [3.8, 4) is 5.75 Å². The molecule has 3 rings (SSSR count). The van der Waals surface area contributed by atoms with Crippen LogP contribution in [-0.4, -0.2) is 13.2 Å². The van der Waals surface area contributed by atoms with Gasteiger partial charge in [-0.15, -0.1) is 0 Å². The highest BCUT2D eigenvalue weighted by Gasteiger charge is 2.14. The van der Waals surface area contributed by atoms with Gasteiger partial charge in [0.15, 0.2) is 0 Å². The predicted molar refractivity (Wildman–Crippen MR) is 68.8 cm³/mol. The number of fused-ring (bicyclic) bond motifs is 2. The van der Waals surface area contributed by atoms with Crippen LogP contribution in [0.15, 0.2) is 34.8 Å². The molecule has 2 aromatic carbocycles. The fraction of sp³-hybridized carbons (Fsp3) is 0.231. The number of hydrogen-bond donors (Lipinski definition) is 1. The molecule has 0 unspecified atom stereocenters. The van der Waals surface area contributed by atoms with E-state index in [2.05, 4.69) is 51.6 Å². The van der Waals surface area contributed by atoms with Crippen LogP contribution >= 0.6 is 15.9 Å². The maximum atomic E-state index is 5.78. The van der Waals surface area contributed by atoms with Crippen molar-refractivity contribution in [3.05, 3.63) is 40.4 Å². The zero-order valence-corrected chi connectivity index (χ0v) is 10.4. The molecular weight excluding hydrogens is 266 g/mol. The molecule has 1 aliphatic rings. The first-order chi connectivity index (χ1) is 7.86. The highest BCUT2D eigenvalue weighted by Crippen LogP contribution is 2.37. The number of ether oxygens (including phenoxy) is 1. The van der Waals surface area contributed by atoms with E-state index in [0.717, 1.165) is 29.9 Å². The lowest BCUT2D eigenvalue weighted by molar-refractivity contribution is 0.324. The van der Waals surface area contributed by atoms with E-state index in [0.29, 0.717) is 0 Å². The number of halogens is 1. The number of hydrogen-bond acceptors (Lipinski definition) is 2. The predicted octanol–water partition coefficient (Wildman–Crippen LogP) is 3.08. The minimum absolute atomic E-state index is 0.726. The van der Waals surface area contributed by atoms with Crippen molar-refractivity contribution in [2.24, 2.45) is 0 Å². The molecule has 3 heteroatoms. The minimum atomic E-state index is 0.726. The van der Waals surface area contributed by atoms with Crippen LogP contribution in [0.3, 0.4) is 0 Å². The second-order valence-electron chi connectivity index (χ2n) is 3.93. The van der Waals surface area contributed by atoms with E-state index in [4.69, 9.17) is 4.74 Å². The molecule has 0 saturated heterocycles. The van der Waals surface area contributed by atoms with Crippen molar-refractivity contribution >= 4 is 26.7 Å². The third-order valence-corrected chi connectivity index (χ3v) is 3.65. The summed E-state index contributed by atoms with van der Waals surface area (Å²) in [5, 5.41) is 5.81. The van der Waals surface area contributed by atoms with Gasteiger partial charge in [-0.05, 0) is 32.8 Å². The molecule has 0 radical (unpaired) electrons. The monoisotopic (exact) mass is 277 g/mol. The van der Waals surface area contributed by atoms with E-state index in [9.17, 15) is 0 Å². The lowest BCUT2D eigenvalue weighted by atomic mass is 10.1. The minimum Gasteiger partial charge on any atom is -0.491 e. The Morgan fingerprint density at radius 3 is 3.06 bits per heavy atom. The molecule has 0 aliphatic carbocycles. The summed E-state index contributed by atoms with van der Waals surface area (Å²) in [6, 6.07) is 10.6. The Morgan fingerprint density at radius 2 is 2.12 bits per heavy atom. The van der Waals surface area contributed by atoms with E-state index in [1.54, 1.807) is 0 Å². The first kappa shape index (κ1) is 10.1. The molecular formula is C13H12BrNO. The normalized spacial score (nSPS) is 15.3. The van der Waals surface area contributed by atoms with Crippen LogP contribution in [0.25, 0.3) is 10.8 Å². The highest BCUT2D eigenvalue weighted by molar-refractivity contribution is 9.10. The van der Waals surface area contributed by atoms with Crippen LogP contribution in [0.4, 0.5) is 0 Å². The van der Waals surface area contributed by atoms with Crippen molar-refractivity contribution in [3.63, 3.8) is 0 Å². The van der Waals surface area contributed by atoms with Gasteiger partial charge in [-0.2, -0.15) is 0 Å². The summed E-state index contributed by atoms with van der Waals surface area (Å²) in [6.07, 6.45) is 0. The first-order valence-corrected chi connectivity index (χ1v) is 6.19. The van der Waals surface area contributed by atoms with E-state index in [1.165, 1.54) is 16.3 Å². The molecule has 1 heterocycles. The summed E-state index contributed by atoms with van der Waals surface area (Å²) >= 11 is 3.65. The highest BCUT2D eigenvalue weighted by atomic mass is 79.9. The van der Waals surface area contributed by atoms with Gasteiger partial charge in [-0.1, -0.05) is 24.3 Å². The molecule has 0 fully saturated rings. The van der Waals surface area contributed by atoms with Crippen LogP contribution in [-0.2, 0) is 6.54 Å². The molecule has 0 spiro atoms. The summed E-state index contributed by atoms with van der Waals surface area (Å²) in [4.78, 5) is 0. The average Bonchev–Trinajstić information content (AvgIpc) is 2.55. The lowest BCUT2D eigenvalue weighted by Gasteiger charge is -2.11. The van der Waals surface area contributed by atoms with Gasteiger partial charge in [0.2, 0.25) is 0 Å². The molecule has 0 aromatic heterocycles. The molecule has 0 amide bonds. The second-order valence-corrected chi connectivity index (χ2v) is 4.72. The van der Waals surface area contributed by atoms with E-state index >= 15 is 0 Å². The largest absolute Gasteiger partial charge is 0.491 e. The van der Waals surface area contributed by atoms with Gasteiger partial charge < -0.3 is 10.1 Å². The fourth-order valence-corrected chi connectivity index (χ4v) is 2.81. The van der Waals surface area contributed by atoms with Crippen molar-refractivity contribution in [1.29, 1.82) is 0 Å². The van der Waals surface area contributed by atoms with Gasteiger partial charge in [0.25, 0.3) is 0 Å². The van der Waals surface area contributed by atoms with Gasteiger partial charge in [-0.3, -0.25) is 0 Å².